The van der Waals surface area contributed by atoms with Gasteiger partial charge in [-0.05, 0) is 61.8 Å². The molecule has 0 N–H and O–H groups in total. The molecule has 0 aromatic heterocycles. The number of benzene rings is 1. The van der Waals surface area contributed by atoms with Crippen molar-refractivity contribution in [3.8, 4) is 11.5 Å². The number of fused-ring (bicyclic) bond motifs is 1. The molecule has 122 valence electrons. The molecule has 1 fully saturated rings. The fourth-order valence-corrected chi connectivity index (χ4v) is 3.84. The van der Waals surface area contributed by atoms with Crippen LogP contribution in [0.3, 0.4) is 0 Å². The molecule has 3 nitrogen and oxygen atoms in total. The predicted molar refractivity (Wildman–Crippen MR) is 89.2 cm³/mol. The number of hydrogen-bond acceptors (Lipinski definition) is 3. The molecule has 0 atom stereocenters. The first-order valence-corrected chi connectivity index (χ1v) is 8.52. The van der Waals surface area contributed by atoms with Crippen LogP contribution in [0.15, 0.2) is 18.2 Å². The van der Waals surface area contributed by atoms with E-state index in [1.54, 1.807) is 0 Å². The molecule has 1 aromatic carbocycles. The highest BCUT2D eigenvalue weighted by Gasteiger charge is 2.31. The van der Waals surface area contributed by atoms with Crippen molar-refractivity contribution < 1.29 is 9.47 Å². The van der Waals surface area contributed by atoms with E-state index in [1.807, 2.05) is 6.07 Å². The maximum absolute atomic E-state index is 5.48. The summed E-state index contributed by atoms with van der Waals surface area (Å²) in [4.78, 5) is 2.51. The van der Waals surface area contributed by atoms with Gasteiger partial charge in [0.05, 0.1) is 0 Å². The molecule has 3 rings (SSSR count). The summed E-state index contributed by atoms with van der Waals surface area (Å²) in [7, 11) is 2.26. The monoisotopic (exact) mass is 303 g/mol. The minimum atomic E-state index is 0.353. The van der Waals surface area contributed by atoms with Crippen LogP contribution >= 0.6 is 0 Å². The van der Waals surface area contributed by atoms with Crippen LogP contribution in [0.1, 0.15) is 52.0 Å². The molecule has 1 saturated carbocycles. The van der Waals surface area contributed by atoms with Crippen LogP contribution in [-0.2, 0) is 6.54 Å². The zero-order valence-electron chi connectivity index (χ0n) is 14.4. The minimum absolute atomic E-state index is 0.353. The summed E-state index contributed by atoms with van der Waals surface area (Å²) >= 11 is 0. The fraction of sp³-hybridized carbons (Fsp3) is 0.684. The highest BCUT2D eigenvalue weighted by molar-refractivity contribution is 5.44. The summed E-state index contributed by atoms with van der Waals surface area (Å²) in [5.41, 5.74) is 1.77. The Morgan fingerprint density at radius 1 is 1.05 bits per heavy atom. The van der Waals surface area contributed by atoms with E-state index in [2.05, 4.69) is 44.9 Å². The zero-order chi connectivity index (χ0) is 15.7. The Kier molecular flexibility index (Phi) is 4.35. The molecule has 22 heavy (non-hydrogen) atoms. The Morgan fingerprint density at radius 2 is 1.73 bits per heavy atom. The second-order valence-corrected chi connectivity index (χ2v) is 7.97. The zero-order valence-corrected chi connectivity index (χ0v) is 14.4. The molecule has 3 heteroatoms. The Labute approximate surface area is 134 Å². The summed E-state index contributed by atoms with van der Waals surface area (Å²) in [6, 6.07) is 7.02. The van der Waals surface area contributed by atoms with Crippen molar-refractivity contribution in [2.24, 2.45) is 11.3 Å². The second kappa shape index (κ2) is 6.11. The van der Waals surface area contributed by atoms with Crippen molar-refractivity contribution in [3.05, 3.63) is 23.8 Å². The van der Waals surface area contributed by atoms with E-state index in [4.69, 9.17) is 9.47 Å². The van der Waals surface area contributed by atoms with Gasteiger partial charge < -0.3 is 9.47 Å². The van der Waals surface area contributed by atoms with Gasteiger partial charge in [-0.2, -0.15) is 0 Å². The number of ether oxygens (including phenoxy) is 2. The van der Waals surface area contributed by atoms with Crippen LogP contribution in [-0.4, -0.2) is 24.8 Å². The first-order valence-electron chi connectivity index (χ1n) is 8.52. The van der Waals surface area contributed by atoms with E-state index in [-0.39, 0.29) is 0 Å². The molecule has 1 aliphatic carbocycles. The standard InChI is InChI=1S/C19H29NO2/c1-19(2,3)15-6-8-16(9-7-15)20(4)12-14-5-10-17-18(11-14)22-13-21-17/h5,10-11,15-16H,6-9,12-13H2,1-4H3/t15-,16-. The van der Waals surface area contributed by atoms with Crippen LogP contribution in [0.2, 0.25) is 0 Å². The van der Waals surface area contributed by atoms with Crippen molar-refractivity contribution in [2.45, 2.75) is 59.0 Å². The average Bonchev–Trinajstić information content (AvgIpc) is 2.94. The quantitative estimate of drug-likeness (QED) is 0.823. The molecular formula is C19H29NO2. The van der Waals surface area contributed by atoms with Gasteiger partial charge in [-0.1, -0.05) is 26.8 Å². The van der Waals surface area contributed by atoms with E-state index in [0.717, 1.165) is 24.0 Å². The Balaban J connectivity index is 1.56. The van der Waals surface area contributed by atoms with Gasteiger partial charge in [0.1, 0.15) is 0 Å². The Hall–Kier alpha value is -1.22. The average molecular weight is 303 g/mol. The molecule has 1 aromatic rings. The van der Waals surface area contributed by atoms with Gasteiger partial charge in [-0.15, -0.1) is 0 Å². The molecule has 2 aliphatic rings. The maximum Gasteiger partial charge on any atom is 0.231 e. The van der Waals surface area contributed by atoms with Crippen LogP contribution in [0.25, 0.3) is 0 Å². The molecule has 0 amide bonds. The topological polar surface area (TPSA) is 21.7 Å². The minimum Gasteiger partial charge on any atom is -0.454 e. The predicted octanol–water partition coefficient (Wildman–Crippen LogP) is 4.45. The number of nitrogens with zero attached hydrogens (tertiary/aromatic N) is 1. The lowest BCUT2D eigenvalue weighted by molar-refractivity contribution is 0.107. The Morgan fingerprint density at radius 3 is 2.41 bits per heavy atom. The lowest BCUT2D eigenvalue weighted by atomic mass is 9.71. The maximum atomic E-state index is 5.48. The molecular weight excluding hydrogens is 274 g/mol. The second-order valence-electron chi connectivity index (χ2n) is 7.97. The largest absolute Gasteiger partial charge is 0.454 e. The summed E-state index contributed by atoms with van der Waals surface area (Å²) < 4.78 is 10.9. The van der Waals surface area contributed by atoms with Crippen LogP contribution in [0.4, 0.5) is 0 Å². The van der Waals surface area contributed by atoms with Crippen molar-refractivity contribution in [1.82, 2.24) is 4.90 Å². The van der Waals surface area contributed by atoms with E-state index < -0.39 is 0 Å². The van der Waals surface area contributed by atoms with Crippen molar-refractivity contribution in [3.63, 3.8) is 0 Å². The first kappa shape index (κ1) is 15.7. The van der Waals surface area contributed by atoms with Gasteiger partial charge in [0.25, 0.3) is 0 Å². The molecule has 0 saturated heterocycles. The van der Waals surface area contributed by atoms with Gasteiger partial charge in [0.15, 0.2) is 11.5 Å². The molecule has 1 aliphatic heterocycles. The third kappa shape index (κ3) is 3.40. The Bertz CT molecular complexity index is 513. The molecule has 0 unspecified atom stereocenters. The lowest BCUT2D eigenvalue weighted by Gasteiger charge is -2.40. The van der Waals surface area contributed by atoms with Gasteiger partial charge in [0.2, 0.25) is 6.79 Å². The van der Waals surface area contributed by atoms with Gasteiger partial charge in [-0.25, -0.2) is 0 Å². The van der Waals surface area contributed by atoms with Crippen molar-refractivity contribution in [2.75, 3.05) is 13.8 Å². The molecule has 0 bridgehead atoms. The fourth-order valence-electron chi connectivity index (χ4n) is 3.84. The molecule has 1 heterocycles. The van der Waals surface area contributed by atoms with Gasteiger partial charge >= 0.3 is 0 Å². The van der Waals surface area contributed by atoms with E-state index in [1.165, 1.54) is 31.2 Å². The normalized spacial score (nSPS) is 24.8. The van der Waals surface area contributed by atoms with Crippen molar-refractivity contribution >= 4 is 0 Å². The lowest BCUT2D eigenvalue weighted by Crippen LogP contribution is -2.37. The summed E-state index contributed by atoms with van der Waals surface area (Å²) in [6.45, 7) is 8.49. The van der Waals surface area contributed by atoms with Crippen LogP contribution in [0.5, 0.6) is 11.5 Å². The van der Waals surface area contributed by atoms with E-state index in [9.17, 15) is 0 Å². The summed E-state index contributed by atoms with van der Waals surface area (Å²) in [5.74, 6) is 2.64. The van der Waals surface area contributed by atoms with Crippen LogP contribution < -0.4 is 9.47 Å². The van der Waals surface area contributed by atoms with Crippen molar-refractivity contribution in [1.29, 1.82) is 0 Å². The number of rotatable bonds is 3. The number of hydrogen-bond donors (Lipinski definition) is 0. The van der Waals surface area contributed by atoms with Gasteiger partial charge in [0, 0.05) is 12.6 Å². The summed E-state index contributed by atoms with van der Waals surface area (Å²) in [5, 5.41) is 0. The third-order valence-corrected chi connectivity index (χ3v) is 5.41. The highest BCUT2D eigenvalue weighted by Crippen LogP contribution is 2.39. The first-order chi connectivity index (χ1) is 10.4. The molecule has 0 spiro atoms. The summed E-state index contributed by atoms with van der Waals surface area (Å²) in [6.07, 6.45) is 5.37. The highest BCUT2D eigenvalue weighted by atomic mass is 16.7. The van der Waals surface area contributed by atoms with Crippen LogP contribution in [0, 0.1) is 11.3 Å². The molecule has 0 radical (unpaired) electrons. The SMILES string of the molecule is CN(Cc1ccc2c(c1)OCO2)[C@H]1CC[C@H](C(C)(C)C)CC1. The van der Waals surface area contributed by atoms with Gasteiger partial charge in [-0.3, -0.25) is 4.90 Å². The van der Waals surface area contributed by atoms with E-state index in [0.29, 0.717) is 18.2 Å². The smallest absolute Gasteiger partial charge is 0.231 e. The van der Waals surface area contributed by atoms with E-state index >= 15 is 0 Å². The third-order valence-electron chi connectivity index (χ3n) is 5.41.